The van der Waals surface area contributed by atoms with Gasteiger partial charge in [0.25, 0.3) is 5.91 Å². The van der Waals surface area contributed by atoms with Gasteiger partial charge in [0.2, 0.25) is 0 Å². The number of nitriles is 1. The summed E-state index contributed by atoms with van der Waals surface area (Å²) < 4.78 is 5.24. The summed E-state index contributed by atoms with van der Waals surface area (Å²) in [7, 11) is 0. The van der Waals surface area contributed by atoms with E-state index in [1.54, 1.807) is 48.5 Å². The molecule has 0 aliphatic rings. The van der Waals surface area contributed by atoms with Gasteiger partial charge in [-0.1, -0.05) is 48.5 Å². The van der Waals surface area contributed by atoms with Gasteiger partial charge in [-0.25, -0.2) is 4.79 Å². The first-order chi connectivity index (χ1) is 14.2. The Bertz CT molecular complexity index is 1010. The number of carbonyl (C=O) groups excluding carboxylic acids is 2. The molecule has 1 N–H and O–H groups in total. The quantitative estimate of drug-likeness (QED) is 0.488. The maximum atomic E-state index is 12.6. The first-order valence-electron chi connectivity index (χ1n) is 8.99. The van der Waals surface area contributed by atoms with E-state index in [0.29, 0.717) is 16.9 Å². The predicted octanol–water partition coefficient (Wildman–Crippen LogP) is 4.14. The largest absolute Gasteiger partial charge is 0.452 e. The van der Waals surface area contributed by atoms with E-state index in [1.807, 2.05) is 42.5 Å². The van der Waals surface area contributed by atoms with Gasteiger partial charge in [-0.3, -0.25) is 9.69 Å². The van der Waals surface area contributed by atoms with Gasteiger partial charge < -0.3 is 10.1 Å². The van der Waals surface area contributed by atoms with Gasteiger partial charge in [0.05, 0.1) is 17.3 Å². The Morgan fingerprint density at radius 2 is 1.52 bits per heavy atom. The average Bonchev–Trinajstić information content (AvgIpc) is 2.77. The zero-order valence-corrected chi connectivity index (χ0v) is 15.6. The van der Waals surface area contributed by atoms with Gasteiger partial charge in [-0.05, 0) is 36.4 Å². The summed E-state index contributed by atoms with van der Waals surface area (Å²) in [4.78, 5) is 26.4. The SMILES string of the molecule is N#CCN(C(=O)COC(=O)c1ccccc1Nc1ccccc1)c1ccccc1. The first-order valence-corrected chi connectivity index (χ1v) is 8.99. The van der Waals surface area contributed by atoms with Crippen molar-refractivity contribution >= 4 is 28.9 Å². The lowest BCUT2D eigenvalue weighted by Gasteiger charge is -2.19. The molecule has 3 rings (SSSR count). The van der Waals surface area contributed by atoms with E-state index in [-0.39, 0.29) is 6.54 Å². The Labute approximate surface area is 169 Å². The molecule has 3 aromatic carbocycles. The second-order valence-electron chi connectivity index (χ2n) is 6.09. The lowest BCUT2D eigenvalue weighted by molar-refractivity contribution is -0.121. The predicted molar refractivity (Wildman–Crippen MR) is 111 cm³/mol. The van der Waals surface area contributed by atoms with Crippen LogP contribution in [0.25, 0.3) is 0 Å². The summed E-state index contributed by atoms with van der Waals surface area (Å²) in [6, 6.07) is 27.1. The van der Waals surface area contributed by atoms with Crippen LogP contribution in [-0.4, -0.2) is 25.0 Å². The van der Waals surface area contributed by atoms with Crippen molar-refractivity contribution in [2.24, 2.45) is 0 Å². The Balaban J connectivity index is 1.69. The highest BCUT2D eigenvalue weighted by Gasteiger charge is 2.19. The van der Waals surface area contributed by atoms with Crippen LogP contribution in [0.1, 0.15) is 10.4 Å². The Hall–Kier alpha value is -4.11. The third-order valence-corrected chi connectivity index (χ3v) is 4.12. The van der Waals surface area contributed by atoms with Crippen molar-refractivity contribution in [1.82, 2.24) is 0 Å². The lowest BCUT2D eigenvalue weighted by atomic mass is 10.1. The molecule has 0 fully saturated rings. The van der Waals surface area contributed by atoms with Gasteiger partial charge in [-0.15, -0.1) is 0 Å². The molecular formula is C23H19N3O3. The zero-order chi connectivity index (χ0) is 20.5. The number of esters is 1. The fourth-order valence-corrected chi connectivity index (χ4v) is 2.73. The molecule has 0 heterocycles. The van der Waals surface area contributed by atoms with Crippen LogP contribution in [0.3, 0.4) is 0 Å². The van der Waals surface area contributed by atoms with E-state index in [0.717, 1.165) is 5.69 Å². The average molecular weight is 385 g/mol. The molecule has 29 heavy (non-hydrogen) atoms. The maximum absolute atomic E-state index is 12.6. The van der Waals surface area contributed by atoms with E-state index >= 15 is 0 Å². The summed E-state index contributed by atoms with van der Waals surface area (Å²) in [5.41, 5.74) is 2.29. The second kappa shape index (κ2) is 9.72. The van der Waals surface area contributed by atoms with Crippen LogP contribution >= 0.6 is 0 Å². The summed E-state index contributed by atoms with van der Waals surface area (Å²) in [5.74, 6) is -1.10. The molecule has 0 bridgehead atoms. The van der Waals surface area contributed by atoms with Crippen molar-refractivity contribution in [1.29, 1.82) is 5.26 Å². The number of benzene rings is 3. The number of anilines is 3. The number of nitrogens with one attached hydrogen (secondary N) is 1. The van der Waals surface area contributed by atoms with Crippen molar-refractivity contribution in [3.63, 3.8) is 0 Å². The molecule has 0 unspecified atom stereocenters. The number of carbonyl (C=O) groups is 2. The monoisotopic (exact) mass is 385 g/mol. The van der Waals surface area contributed by atoms with Gasteiger partial charge >= 0.3 is 5.97 Å². The molecular weight excluding hydrogens is 366 g/mol. The molecule has 0 radical (unpaired) electrons. The zero-order valence-electron chi connectivity index (χ0n) is 15.6. The summed E-state index contributed by atoms with van der Waals surface area (Å²) in [6.07, 6.45) is 0. The van der Waals surface area contributed by atoms with Crippen molar-refractivity contribution in [3.8, 4) is 6.07 Å². The molecule has 1 amide bonds. The third-order valence-electron chi connectivity index (χ3n) is 4.12. The molecule has 6 nitrogen and oxygen atoms in total. The van der Waals surface area contributed by atoms with Crippen molar-refractivity contribution in [2.45, 2.75) is 0 Å². The molecule has 0 aliphatic carbocycles. The normalized spacial score (nSPS) is 9.90. The van der Waals surface area contributed by atoms with Crippen LogP contribution in [0.15, 0.2) is 84.9 Å². The topological polar surface area (TPSA) is 82.4 Å². The number of hydrogen-bond donors (Lipinski definition) is 1. The van der Waals surface area contributed by atoms with Crippen LogP contribution < -0.4 is 10.2 Å². The number of amides is 1. The highest BCUT2D eigenvalue weighted by molar-refractivity contribution is 6.00. The second-order valence-corrected chi connectivity index (χ2v) is 6.09. The van der Waals surface area contributed by atoms with Gasteiger partial charge in [0.15, 0.2) is 6.61 Å². The van der Waals surface area contributed by atoms with Crippen LogP contribution in [0.2, 0.25) is 0 Å². The minimum atomic E-state index is -0.623. The molecule has 0 saturated heterocycles. The van der Waals surface area contributed by atoms with Gasteiger partial charge in [0, 0.05) is 11.4 Å². The Morgan fingerprint density at radius 1 is 0.897 bits per heavy atom. The fourth-order valence-electron chi connectivity index (χ4n) is 2.73. The standard InChI is InChI=1S/C23H19N3O3/c24-15-16-26(19-11-5-2-6-12-19)22(27)17-29-23(28)20-13-7-8-14-21(20)25-18-9-3-1-4-10-18/h1-14,25H,16-17H2. The molecule has 0 aromatic heterocycles. The van der Waals surface area contributed by atoms with Gasteiger partial charge in [-0.2, -0.15) is 5.26 Å². The molecule has 6 heteroatoms. The van der Waals surface area contributed by atoms with E-state index in [1.165, 1.54) is 4.90 Å². The summed E-state index contributed by atoms with van der Waals surface area (Å²) in [5, 5.41) is 12.2. The molecule has 0 saturated carbocycles. The van der Waals surface area contributed by atoms with Crippen LogP contribution in [0.5, 0.6) is 0 Å². The summed E-state index contributed by atoms with van der Waals surface area (Å²) >= 11 is 0. The number of rotatable bonds is 7. The Morgan fingerprint density at radius 3 is 2.21 bits per heavy atom. The van der Waals surface area contributed by atoms with E-state index < -0.39 is 18.5 Å². The van der Waals surface area contributed by atoms with Crippen molar-refractivity contribution in [3.05, 3.63) is 90.5 Å². The molecule has 0 spiro atoms. The highest BCUT2D eigenvalue weighted by atomic mass is 16.5. The number of hydrogen-bond acceptors (Lipinski definition) is 5. The van der Waals surface area contributed by atoms with E-state index in [9.17, 15) is 9.59 Å². The van der Waals surface area contributed by atoms with E-state index in [2.05, 4.69) is 5.32 Å². The van der Waals surface area contributed by atoms with Crippen LogP contribution in [-0.2, 0) is 9.53 Å². The number of para-hydroxylation sites is 3. The van der Waals surface area contributed by atoms with Gasteiger partial charge in [0.1, 0.15) is 6.54 Å². The lowest BCUT2D eigenvalue weighted by Crippen LogP contribution is -2.35. The maximum Gasteiger partial charge on any atom is 0.340 e. The van der Waals surface area contributed by atoms with E-state index in [4.69, 9.17) is 10.00 Å². The fraction of sp³-hybridized carbons (Fsp3) is 0.0870. The van der Waals surface area contributed by atoms with Crippen molar-refractivity contribution in [2.75, 3.05) is 23.4 Å². The van der Waals surface area contributed by atoms with Crippen LogP contribution in [0, 0.1) is 11.3 Å². The first kappa shape index (κ1) is 19.6. The summed E-state index contributed by atoms with van der Waals surface area (Å²) in [6.45, 7) is -0.596. The molecule has 0 aliphatic heterocycles. The third kappa shape index (κ3) is 5.21. The molecule has 144 valence electrons. The molecule has 3 aromatic rings. The number of ether oxygens (including phenoxy) is 1. The Kier molecular flexibility index (Phi) is 6.58. The minimum Gasteiger partial charge on any atom is -0.452 e. The van der Waals surface area contributed by atoms with Crippen molar-refractivity contribution < 1.29 is 14.3 Å². The number of nitrogens with zero attached hydrogens (tertiary/aromatic N) is 2. The smallest absolute Gasteiger partial charge is 0.340 e. The van der Waals surface area contributed by atoms with Crippen LogP contribution in [0.4, 0.5) is 17.1 Å². The molecule has 0 atom stereocenters. The highest BCUT2D eigenvalue weighted by Crippen LogP contribution is 2.21. The minimum absolute atomic E-state index is 0.132.